The summed E-state index contributed by atoms with van der Waals surface area (Å²) in [6.07, 6.45) is 2.97. The predicted molar refractivity (Wildman–Crippen MR) is 83.3 cm³/mol. The predicted octanol–water partition coefficient (Wildman–Crippen LogP) is 0.749. The molecule has 2 saturated heterocycles. The van der Waals surface area contributed by atoms with E-state index in [2.05, 4.69) is 9.88 Å². The van der Waals surface area contributed by atoms with Crippen molar-refractivity contribution in [1.82, 2.24) is 4.98 Å². The van der Waals surface area contributed by atoms with Crippen LogP contribution in [0, 0.1) is 0 Å². The molecular formula is C14H21N3O3S. The monoisotopic (exact) mass is 311 g/mol. The van der Waals surface area contributed by atoms with Gasteiger partial charge in [0, 0.05) is 37.5 Å². The molecule has 21 heavy (non-hydrogen) atoms. The van der Waals surface area contributed by atoms with Crippen LogP contribution < -0.4 is 10.6 Å². The van der Waals surface area contributed by atoms with Gasteiger partial charge in [-0.1, -0.05) is 11.8 Å². The number of nitrogens with two attached hydrogens (primary N) is 1. The topological polar surface area (TPSA) is 91.8 Å². The van der Waals surface area contributed by atoms with Crippen LogP contribution in [0.25, 0.3) is 0 Å². The summed E-state index contributed by atoms with van der Waals surface area (Å²) < 4.78 is 5.33. The lowest BCUT2D eigenvalue weighted by molar-refractivity contribution is -0.0886. The van der Waals surface area contributed by atoms with Gasteiger partial charge in [0.25, 0.3) is 0 Å². The second-order valence-corrected chi connectivity index (χ2v) is 6.90. The van der Waals surface area contributed by atoms with Gasteiger partial charge in [0.2, 0.25) is 5.12 Å². The van der Waals surface area contributed by atoms with Crippen LogP contribution >= 0.6 is 11.8 Å². The molecule has 116 valence electrons. The van der Waals surface area contributed by atoms with Crippen molar-refractivity contribution in [2.45, 2.75) is 23.9 Å². The summed E-state index contributed by atoms with van der Waals surface area (Å²) in [5.74, 6) is 1.62. The van der Waals surface area contributed by atoms with Gasteiger partial charge in [0.15, 0.2) is 0 Å². The summed E-state index contributed by atoms with van der Waals surface area (Å²) in [5, 5.41) is 17.9. The SMILES string of the molecule is Nc1cc(N2CCOCC2)ncc1C1CCSC(O)(O)C1. The van der Waals surface area contributed by atoms with E-state index in [1.807, 2.05) is 6.07 Å². The molecule has 1 unspecified atom stereocenters. The van der Waals surface area contributed by atoms with Gasteiger partial charge in [0.05, 0.1) is 13.2 Å². The van der Waals surface area contributed by atoms with Crippen LogP contribution in [0.3, 0.4) is 0 Å². The molecule has 7 heteroatoms. The molecule has 6 nitrogen and oxygen atoms in total. The third-order valence-corrected chi connectivity index (χ3v) is 5.11. The van der Waals surface area contributed by atoms with Gasteiger partial charge in [-0.15, -0.1) is 0 Å². The minimum Gasteiger partial charge on any atom is -0.398 e. The zero-order valence-corrected chi connectivity index (χ0v) is 12.7. The third kappa shape index (κ3) is 3.42. The lowest BCUT2D eigenvalue weighted by atomic mass is 9.92. The molecular weight excluding hydrogens is 290 g/mol. The highest BCUT2D eigenvalue weighted by atomic mass is 32.2. The van der Waals surface area contributed by atoms with Crippen molar-refractivity contribution < 1.29 is 14.9 Å². The maximum Gasteiger partial charge on any atom is 0.213 e. The Labute approximate surface area is 128 Å². The summed E-state index contributed by atoms with van der Waals surface area (Å²) in [6, 6.07) is 1.89. The van der Waals surface area contributed by atoms with Crippen molar-refractivity contribution in [3.05, 3.63) is 17.8 Å². The number of thioether (sulfide) groups is 1. The normalized spacial score (nSPS) is 25.8. The van der Waals surface area contributed by atoms with Gasteiger partial charge >= 0.3 is 0 Å². The molecule has 2 aliphatic rings. The molecule has 2 fully saturated rings. The lowest BCUT2D eigenvalue weighted by Crippen LogP contribution is -2.37. The minimum atomic E-state index is -1.65. The lowest BCUT2D eigenvalue weighted by Gasteiger charge is -2.33. The summed E-state index contributed by atoms with van der Waals surface area (Å²) >= 11 is 1.18. The van der Waals surface area contributed by atoms with Crippen LogP contribution in [0.15, 0.2) is 12.3 Å². The number of hydrogen-bond acceptors (Lipinski definition) is 7. The zero-order valence-electron chi connectivity index (χ0n) is 11.9. The summed E-state index contributed by atoms with van der Waals surface area (Å²) in [4.78, 5) is 6.66. The summed E-state index contributed by atoms with van der Waals surface area (Å²) in [7, 11) is 0. The smallest absolute Gasteiger partial charge is 0.213 e. The van der Waals surface area contributed by atoms with E-state index in [0.717, 1.165) is 30.9 Å². The number of hydrogen-bond donors (Lipinski definition) is 3. The quantitative estimate of drug-likeness (QED) is 0.694. The first-order valence-corrected chi connectivity index (χ1v) is 8.20. The van der Waals surface area contributed by atoms with E-state index in [0.29, 0.717) is 31.1 Å². The van der Waals surface area contributed by atoms with Crippen LogP contribution in [0.5, 0.6) is 0 Å². The maximum atomic E-state index is 9.79. The maximum absolute atomic E-state index is 9.79. The molecule has 2 aliphatic heterocycles. The highest BCUT2D eigenvalue weighted by molar-refractivity contribution is 8.00. The van der Waals surface area contributed by atoms with E-state index < -0.39 is 5.12 Å². The molecule has 0 radical (unpaired) electrons. The number of nitrogen functional groups attached to an aromatic ring is 1. The summed E-state index contributed by atoms with van der Waals surface area (Å²) in [6.45, 7) is 3.06. The van der Waals surface area contributed by atoms with Gasteiger partial charge in [-0.2, -0.15) is 0 Å². The highest BCUT2D eigenvalue weighted by Gasteiger charge is 2.34. The first-order valence-electron chi connectivity index (χ1n) is 7.22. The van der Waals surface area contributed by atoms with E-state index >= 15 is 0 Å². The molecule has 0 saturated carbocycles. The second-order valence-electron chi connectivity index (χ2n) is 5.55. The number of pyridine rings is 1. The van der Waals surface area contributed by atoms with Gasteiger partial charge in [-0.05, 0) is 23.7 Å². The average molecular weight is 311 g/mol. The van der Waals surface area contributed by atoms with E-state index in [4.69, 9.17) is 10.5 Å². The number of aliphatic hydroxyl groups is 2. The Hall–Kier alpha value is -1.02. The minimum absolute atomic E-state index is 0.0486. The Bertz CT molecular complexity index is 506. The van der Waals surface area contributed by atoms with E-state index in [1.54, 1.807) is 6.20 Å². The standard InChI is InChI=1S/C14H21N3O3S/c15-12-7-13(17-2-4-20-5-3-17)16-9-11(12)10-1-6-21-14(18,19)8-10/h7,9-10,18-19H,1-6,8H2,(H2,15,16). The number of morpholine rings is 1. The molecule has 0 amide bonds. The highest BCUT2D eigenvalue weighted by Crippen LogP contribution is 2.42. The second kappa shape index (κ2) is 6.00. The van der Waals surface area contributed by atoms with Crippen molar-refractivity contribution in [3.63, 3.8) is 0 Å². The Morgan fingerprint density at radius 1 is 1.38 bits per heavy atom. The van der Waals surface area contributed by atoms with Gasteiger partial charge in [-0.3, -0.25) is 0 Å². The fourth-order valence-electron chi connectivity index (χ4n) is 2.89. The van der Waals surface area contributed by atoms with Crippen molar-refractivity contribution in [2.24, 2.45) is 0 Å². The Morgan fingerprint density at radius 2 is 2.14 bits per heavy atom. The van der Waals surface area contributed by atoms with E-state index in [9.17, 15) is 10.2 Å². The largest absolute Gasteiger partial charge is 0.398 e. The molecule has 4 N–H and O–H groups in total. The molecule has 0 aliphatic carbocycles. The number of anilines is 2. The van der Waals surface area contributed by atoms with Crippen LogP contribution in [0.4, 0.5) is 11.5 Å². The summed E-state index contributed by atoms with van der Waals surface area (Å²) in [5.41, 5.74) is 7.78. The van der Waals surface area contributed by atoms with Crippen LogP contribution in [-0.4, -0.2) is 52.4 Å². The van der Waals surface area contributed by atoms with Crippen molar-refractivity contribution >= 4 is 23.3 Å². The van der Waals surface area contributed by atoms with Gasteiger partial charge < -0.3 is 25.6 Å². The molecule has 1 aromatic heterocycles. The van der Waals surface area contributed by atoms with Crippen molar-refractivity contribution in [3.8, 4) is 0 Å². The molecule has 0 bridgehead atoms. The number of aromatic nitrogens is 1. The van der Waals surface area contributed by atoms with E-state index in [-0.39, 0.29) is 5.92 Å². The van der Waals surface area contributed by atoms with Gasteiger partial charge in [0.1, 0.15) is 5.82 Å². The number of ether oxygens (including phenoxy) is 1. The van der Waals surface area contributed by atoms with Gasteiger partial charge in [-0.25, -0.2) is 4.98 Å². The fraction of sp³-hybridized carbons (Fsp3) is 0.643. The average Bonchev–Trinajstić information content (AvgIpc) is 2.47. The Kier molecular flexibility index (Phi) is 4.26. The van der Waals surface area contributed by atoms with E-state index in [1.165, 1.54) is 11.8 Å². The number of rotatable bonds is 2. The zero-order chi connectivity index (χ0) is 14.9. The fourth-order valence-corrected chi connectivity index (χ4v) is 3.94. The van der Waals surface area contributed by atoms with Crippen molar-refractivity contribution in [2.75, 3.05) is 42.7 Å². The first kappa shape index (κ1) is 14.9. The Morgan fingerprint density at radius 3 is 2.81 bits per heavy atom. The van der Waals surface area contributed by atoms with Crippen LogP contribution in [-0.2, 0) is 4.74 Å². The first-order chi connectivity index (χ1) is 10.1. The Balaban J connectivity index is 1.77. The molecule has 0 spiro atoms. The van der Waals surface area contributed by atoms with Crippen molar-refractivity contribution in [1.29, 1.82) is 0 Å². The van der Waals surface area contributed by atoms with Crippen LogP contribution in [0.1, 0.15) is 24.3 Å². The van der Waals surface area contributed by atoms with Crippen LogP contribution in [0.2, 0.25) is 0 Å². The number of nitrogens with zero attached hydrogens (tertiary/aromatic N) is 2. The third-order valence-electron chi connectivity index (χ3n) is 4.04. The molecule has 0 aromatic carbocycles. The molecule has 1 aromatic rings. The molecule has 1 atom stereocenters. The molecule has 3 heterocycles. The molecule has 3 rings (SSSR count).